The number of amides is 2. The van der Waals surface area contributed by atoms with E-state index < -0.39 is 24.4 Å². The average Bonchev–Trinajstić information content (AvgIpc) is 2.90. The highest BCUT2D eigenvalue weighted by Gasteiger charge is 2.12. The largest absolute Gasteiger partial charge is 0.452 e. The lowest BCUT2D eigenvalue weighted by Gasteiger charge is -2.04. The number of hydrogen-bond acceptors (Lipinski definition) is 5. The van der Waals surface area contributed by atoms with E-state index in [0.29, 0.717) is 23.0 Å². The van der Waals surface area contributed by atoms with Crippen molar-refractivity contribution in [2.75, 3.05) is 6.61 Å². The van der Waals surface area contributed by atoms with Gasteiger partial charge < -0.3 is 4.74 Å². The SMILES string of the molecule is CC(=O)NNC(=O)COC(=O)/C=C/c1c(C)nn(Cc2ccccc2)c1Cl. The van der Waals surface area contributed by atoms with Crippen LogP contribution in [0.1, 0.15) is 23.7 Å². The number of hydrogen-bond donors (Lipinski definition) is 2. The van der Waals surface area contributed by atoms with Gasteiger partial charge in [-0.15, -0.1) is 0 Å². The monoisotopic (exact) mass is 390 g/mol. The van der Waals surface area contributed by atoms with Crippen LogP contribution in [0.4, 0.5) is 0 Å². The van der Waals surface area contributed by atoms with Gasteiger partial charge in [0.05, 0.1) is 12.2 Å². The predicted molar refractivity (Wildman–Crippen MR) is 99.5 cm³/mol. The fourth-order valence-electron chi connectivity index (χ4n) is 2.15. The van der Waals surface area contributed by atoms with Crippen LogP contribution in [0.25, 0.3) is 6.08 Å². The molecule has 0 saturated heterocycles. The molecule has 0 saturated carbocycles. The Balaban J connectivity index is 1.95. The predicted octanol–water partition coefficient (Wildman–Crippen LogP) is 1.62. The molecule has 0 bridgehead atoms. The number of benzene rings is 1. The van der Waals surface area contributed by atoms with E-state index >= 15 is 0 Å². The summed E-state index contributed by atoms with van der Waals surface area (Å²) in [7, 11) is 0. The van der Waals surface area contributed by atoms with E-state index in [1.165, 1.54) is 13.0 Å². The van der Waals surface area contributed by atoms with Crippen LogP contribution in [0.5, 0.6) is 0 Å². The molecule has 0 spiro atoms. The summed E-state index contributed by atoms with van der Waals surface area (Å²) in [6.07, 6.45) is 2.65. The van der Waals surface area contributed by atoms with Gasteiger partial charge in [0.1, 0.15) is 5.15 Å². The number of halogens is 1. The highest BCUT2D eigenvalue weighted by molar-refractivity contribution is 6.31. The fourth-order valence-corrected chi connectivity index (χ4v) is 2.44. The summed E-state index contributed by atoms with van der Waals surface area (Å²) in [5.74, 6) is -1.82. The van der Waals surface area contributed by atoms with Crippen LogP contribution in [0.15, 0.2) is 36.4 Å². The van der Waals surface area contributed by atoms with Crippen molar-refractivity contribution in [3.8, 4) is 0 Å². The molecule has 2 rings (SSSR count). The zero-order valence-electron chi connectivity index (χ0n) is 14.9. The van der Waals surface area contributed by atoms with Crippen LogP contribution in [0.3, 0.4) is 0 Å². The molecule has 2 amide bonds. The molecule has 2 aromatic rings. The van der Waals surface area contributed by atoms with Crippen molar-refractivity contribution in [1.82, 2.24) is 20.6 Å². The molecule has 0 radical (unpaired) electrons. The quantitative estimate of drug-likeness (QED) is 0.443. The van der Waals surface area contributed by atoms with Crippen LogP contribution >= 0.6 is 11.6 Å². The van der Waals surface area contributed by atoms with Crippen LogP contribution < -0.4 is 10.9 Å². The van der Waals surface area contributed by atoms with E-state index in [1.54, 1.807) is 11.6 Å². The Kier molecular flexibility index (Phi) is 7.13. The van der Waals surface area contributed by atoms with Gasteiger partial charge in [0.15, 0.2) is 6.61 Å². The summed E-state index contributed by atoms with van der Waals surface area (Å²) < 4.78 is 6.42. The average molecular weight is 391 g/mol. The van der Waals surface area contributed by atoms with Crippen molar-refractivity contribution in [3.05, 3.63) is 58.4 Å². The normalized spacial score (nSPS) is 10.6. The second-order valence-corrected chi connectivity index (χ2v) is 5.96. The van der Waals surface area contributed by atoms with Crippen molar-refractivity contribution in [2.45, 2.75) is 20.4 Å². The standard InChI is InChI=1S/C18H19ClN4O4/c1-12-15(8-9-17(26)27-11-16(25)21-20-13(2)24)18(19)23(22-12)10-14-6-4-3-5-7-14/h3-9H,10-11H2,1-2H3,(H,20,24)(H,21,25)/b9-8+. The van der Waals surface area contributed by atoms with Crippen molar-refractivity contribution < 1.29 is 19.1 Å². The summed E-state index contributed by atoms with van der Waals surface area (Å²) in [5, 5.41) is 4.77. The van der Waals surface area contributed by atoms with E-state index in [4.69, 9.17) is 16.3 Å². The number of nitrogens with zero attached hydrogens (tertiary/aromatic N) is 2. The highest BCUT2D eigenvalue weighted by atomic mass is 35.5. The molecule has 1 aromatic heterocycles. The number of hydrazine groups is 1. The first-order chi connectivity index (χ1) is 12.9. The van der Waals surface area contributed by atoms with E-state index in [1.807, 2.05) is 30.3 Å². The first-order valence-electron chi connectivity index (χ1n) is 8.04. The van der Waals surface area contributed by atoms with Gasteiger partial charge in [-0.2, -0.15) is 5.10 Å². The number of nitrogens with one attached hydrogen (secondary N) is 2. The molecule has 0 aliphatic carbocycles. The third kappa shape index (κ3) is 6.27. The van der Waals surface area contributed by atoms with Gasteiger partial charge in [-0.3, -0.25) is 20.4 Å². The fraction of sp³-hybridized carbons (Fsp3) is 0.222. The van der Waals surface area contributed by atoms with Crippen LogP contribution in [-0.4, -0.2) is 34.2 Å². The molecular weight excluding hydrogens is 372 g/mol. The van der Waals surface area contributed by atoms with Gasteiger partial charge in [0.25, 0.3) is 5.91 Å². The van der Waals surface area contributed by atoms with E-state index in [2.05, 4.69) is 16.0 Å². The summed E-state index contributed by atoms with van der Waals surface area (Å²) in [5.41, 5.74) is 6.46. The van der Waals surface area contributed by atoms with Crippen molar-refractivity contribution in [2.24, 2.45) is 0 Å². The first-order valence-corrected chi connectivity index (χ1v) is 8.41. The van der Waals surface area contributed by atoms with Crippen molar-refractivity contribution in [1.29, 1.82) is 0 Å². The molecule has 0 aliphatic rings. The minimum atomic E-state index is -0.723. The maximum absolute atomic E-state index is 11.7. The number of carbonyl (C=O) groups is 3. The van der Waals surface area contributed by atoms with E-state index in [9.17, 15) is 14.4 Å². The van der Waals surface area contributed by atoms with Crippen LogP contribution in [0.2, 0.25) is 5.15 Å². The van der Waals surface area contributed by atoms with E-state index in [0.717, 1.165) is 11.6 Å². The lowest BCUT2D eigenvalue weighted by molar-refractivity contribution is -0.144. The van der Waals surface area contributed by atoms with Gasteiger partial charge in [-0.25, -0.2) is 9.48 Å². The van der Waals surface area contributed by atoms with Gasteiger partial charge in [0.2, 0.25) is 5.91 Å². The Hall–Kier alpha value is -3.13. The number of ether oxygens (including phenoxy) is 1. The topological polar surface area (TPSA) is 102 Å². The number of aromatic nitrogens is 2. The Bertz CT molecular complexity index is 862. The molecule has 0 atom stereocenters. The highest BCUT2D eigenvalue weighted by Crippen LogP contribution is 2.22. The minimum absolute atomic E-state index is 0.392. The smallest absolute Gasteiger partial charge is 0.331 e. The summed E-state index contributed by atoms with van der Waals surface area (Å²) in [4.78, 5) is 33.7. The molecule has 0 fully saturated rings. The number of esters is 1. The van der Waals surface area contributed by atoms with E-state index in [-0.39, 0.29) is 0 Å². The van der Waals surface area contributed by atoms with Crippen molar-refractivity contribution in [3.63, 3.8) is 0 Å². The second kappa shape index (κ2) is 9.54. The van der Waals surface area contributed by atoms with Crippen molar-refractivity contribution >= 4 is 35.5 Å². The number of rotatable bonds is 6. The Morgan fingerprint density at radius 2 is 1.93 bits per heavy atom. The molecule has 1 heterocycles. The third-order valence-electron chi connectivity index (χ3n) is 3.39. The second-order valence-electron chi connectivity index (χ2n) is 5.60. The van der Waals surface area contributed by atoms with Crippen LogP contribution in [0, 0.1) is 6.92 Å². The Morgan fingerprint density at radius 1 is 1.22 bits per heavy atom. The summed E-state index contributed by atoms with van der Waals surface area (Å²) in [6.45, 7) is 2.99. The van der Waals surface area contributed by atoms with Gasteiger partial charge in [-0.1, -0.05) is 41.9 Å². The first kappa shape index (κ1) is 20.2. The van der Waals surface area contributed by atoms with Gasteiger partial charge in [0, 0.05) is 18.6 Å². The zero-order chi connectivity index (χ0) is 19.8. The van der Waals surface area contributed by atoms with Gasteiger partial charge in [-0.05, 0) is 18.6 Å². The Labute approximate surface area is 161 Å². The van der Waals surface area contributed by atoms with Gasteiger partial charge >= 0.3 is 5.97 Å². The molecule has 2 N–H and O–H groups in total. The molecule has 27 heavy (non-hydrogen) atoms. The lowest BCUT2D eigenvalue weighted by Crippen LogP contribution is -2.42. The lowest BCUT2D eigenvalue weighted by atomic mass is 10.2. The summed E-state index contributed by atoms with van der Waals surface area (Å²) in [6, 6.07) is 9.71. The Morgan fingerprint density at radius 3 is 2.59 bits per heavy atom. The number of carbonyl (C=O) groups excluding carboxylic acids is 3. The minimum Gasteiger partial charge on any atom is -0.452 e. The molecule has 0 aliphatic heterocycles. The maximum Gasteiger partial charge on any atom is 0.331 e. The molecule has 9 heteroatoms. The number of aryl methyl sites for hydroxylation is 1. The molecular formula is C18H19ClN4O4. The summed E-state index contributed by atoms with van der Waals surface area (Å²) >= 11 is 6.35. The maximum atomic E-state index is 11.7. The third-order valence-corrected chi connectivity index (χ3v) is 3.79. The zero-order valence-corrected chi connectivity index (χ0v) is 15.6. The van der Waals surface area contributed by atoms with Crippen LogP contribution in [-0.2, 0) is 25.7 Å². The molecule has 8 nitrogen and oxygen atoms in total. The molecule has 142 valence electrons. The molecule has 1 aromatic carbocycles. The molecule has 0 unspecified atom stereocenters.